The quantitative estimate of drug-likeness (QED) is 0.249. The molecular weight excluding hydrogens is 436 g/mol. The maximum Gasteiger partial charge on any atom is 0.256 e. The van der Waals surface area contributed by atoms with E-state index in [0.29, 0.717) is 18.4 Å². The van der Waals surface area contributed by atoms with Crippen molar-refractivity contribution in [3.63, 3.8) is 0 Å². The van der Waals surface area contributed by atoms with Gasteiger partial charge in [0.15, 0.2) is 0 Å². The fraction of sp³-hybridized carbons (Fsp3) is 0.517. The predicted molar refractivity (Wildman–Crippen MR) is 145 cm³/mol. The highest BCUT2D eigenvalue weighted by Gasteiger charge is 2.24. The molecule has 6 heteroatoms. The molecule has 0 saturated carbocycles. The number of carbonyl (C=O) groups is 2. The number of unbranched alkanes of at least 4 members (excludes halogenated alkanes) is 6. The van der Waals surface area contributed by atoms with Crippen LogP contribution in [0.2, 0.25) is 0 Å². The van der Waals surface area contributed by atoms with Crippen LogP contribution in [-0.4, -0.2) is 48.9 Å². The number of para-hydroxylation sites is 1. The number of amides is 2. The number of hydrogen-bond donors (Lipinski definition) is 3. The lowest BCUT2D eigenvalue weighted by atomic mass is 10.0. The van der Waals surface area contributed by atoms with Crippen LogP contribution in [0.15, 0.2) is 24.3 Å². The second-order valence-corrected chi connectivity index (χ2v) is 9.72. The molecular formula is C29H42N4O2. The summed E-state index contributed by atoms with van der Waals surface area (Å²) in [6.07, 6.45) is 11.8. The van der Waals surface area contributed by atoms with Crippen LogP contribution in [-0.2, 0) is 16.0 Å². The Labute approximate surface area is 210 Å². The molecule has 1 aromatic heterocycles. The molecule has 2 amide bonds. The number of H-pyrrole nitrogens is 1. The third-order valence-electron chi connectivity index (χ3n) is 7.07. The largest absolute Gasteiger partial charge is 0.359 e. The average molecular weight is 479 g/mol. The first-order valence-electron chi connectivity index (χ1n) is 13.1. The van der Waals surface area contributed by atoms with Crippen LogP contribution in [0.3, 0.4) is 0 Å². The maximum atomic E-state index is 12.7. The van der Waals surface area contributed by atoms with Gasteiger partial charge in [0.05, 0.1) is 5.57 Å². The summed E-state index contributed by atoms with van der Waals surface area (Å²) in [5.41, 5.74) is 6.72. The van der Waals surface area contributed by atoms with Crippen LogP contribution in [0.1, 0.15) is 79.4 Å². The number of hydrogen-bond acceptors (Lipinski definition) is 3. The van der Waals surface area contributed by atoms with Gasteiger partial charge in [0.2, 0.25) is 5.91 Å². The summed E-state index contributed by atoms with van der Waals surface area (Å²) in [4.78, 5) is 30.5. The first-order valence-corrected chi connectivity index (χ1v) is 13.1. The molecule has 3 rings (SSSR count). The van der Waals surface area contributed by atoms with Gasteiger partial charge in [-0.3, -0.25) is 9.59 Å². The van der Waals surface area contributed by atoms with Crippen molar-refractivity contribution in [1.29, 1.82) is 0 Å². The Morgan fingerprint density at radius 1 is 1.03 bits per heavy atom. The number of carbonyl (C=O) groups excluding carboxylic acids is 2. The van der Waals surface area contributed by atoms with Crippen molar-refractivity contribution in [1.82, 2.24) is 15.2 Å². The van der Waals surface area contributed by atoms with Crippen LogP contribution in [0, 0.1) is 13.8 Å². The zero-order valence-electron chi connectivity index (χ0n) is 21.9. The monoisotopic (exact) mass is 478 g/mol. The van der Waals surface area contributed by atoms with Crippen molar-refractivity contribution in [3.05, 3.63) is 52.3 Å². The third-order valence-corrected chi connectivity index (χ3v) is 7.07. The minimum absolute atomic E-state index is 0.0787. The van der Waals surface area contributed by atoms with Crippen molar-refractivity contribution >= 4 is 29.2 Å². The molecule has 1 aliphatic rings. The molecule has 0 radical (unpaired) electrons. The van der Waals surface area contributed by atoms with Crippen LogP contribution >= 0.6 is 0 Å². The summed E-state index contributed by atoms with van der Waals surface area (Å²) in [7, 11) is 3.92. The summed E-state index contributed by atoms with van der Waals surface area (Å²) >= 11 is 0. The molecule has 0 atom stereocenters. The molecule has 3 N–H and O–H groups in total. The Bertz CT molecular complexity index is 1040. The first kappa shape index (κ1) is 26.7. The van der Waals surface area contributed by atoms with Gasteiger partial charge in [-0.15, -0.1) is 0 Å². The van der Waals surface area contributed by atoms with Crippen molar-refractivity contribution in [2.45, 2.75) is 71.6 Å². The first-order chi connectivity index (χ1) is 16.9. The number of aromatic nitrogens is 1. The van der Waals surface area contributed by atoms with E-state index in [9.17, 15) is 9.59 Å². The van der Waals surface area contributed by atoms with Crippen LogP contribution in [0.25, 0.3) is 11.6 Å². The summed E-state index contributed by atoms with van der Waals surface area (Å²) in [5, 5.41) is 6.12. The summed E-state index contributed by atoms with van der Waals surface area (Å²) < 4.78 is 0. The summed E-state index contributed by atoms with van der Waals surface area (Å²) in [6.45, 7) is 6.05. The smallest absolute Gasteiger partial charge is 0.256 e. The van der Waals surface area contributed by atoms with E-state index in [1.54, 1.807) is 0 Å². The standard InChI is InChI=1S/C29H42N4O2/c1-21-23(16-17-28(34)33(4)19-13-9-7-5-6-8-12-18-30-3)22(2)31-27(21)20-25-24-14-10-11-15-26(24)32-29(25)35/h10-11,14-15,20,30-31H,5-9,12-13,16-19H2,1-4H3,(H,32,35)/b25-20-. The van der Waals surface area contributed by atoms with E-state index >= 15 is 0 Å². The normalized spacial score (nSPS) is 13.8. The lowest BCUT2D eigenvalue weighted by molar-refractivity contribution is -0.129. The van der Waals surface area contributed by atoms with Gasteiger partial charge in [-0.25, -0.2) is 0 Å². The lowest BCUT2D eigenvalue weighted by Gasteiger charge is -2.17. The highest BCUT2D eigenvalue weighted by atomic mass is 16.2. The molecule has 2 heterocycles. The van der Waals surface area contributed by atoms with Crippen LogP contribution in [0.4, 0.5) is 5.69 Å². The average Bonchev–Trinajstić information content (AvgIpc) is 3.30. The van der Waals surface area contributed by atoms with Crippen LogP contribution in [0.5, 0.6) is 0 Å². The van der Waals surface area contributed by atoms with Gasteiger partial charge in [-0.05, 0) is 70.0 Å². The van der Waals surface area contributed by atoms with E-state index in [-0.39, 0.29) is 11.8 Å². The number of rotatable bonds is 14. The molecule has 0 fully saturated rings. The Morgan fingerprint density at radius 2 is 1.71 bits per heavy atom. The number of anilines is 1. The second kappa shape index (κ2) is 13.3. The van der Waals surface area contributed by atoms with Gasteiger partial charge >= 0.3 is 0 Å². The van der Waals surface area contributed by atoms with E-state index in [1.807, 2.05) is 56.3 Å². The Hall–Kier alpha value is -2.86. The molecule has 1 aromatic carbocycles. The summed E-state index contributed by atoms with van der Waals surface area (Å²) in [5.74, 6) is 0.117. The SMILES string of the molecule is CNCCCCCCCCCN(C)C(=O)CCc1c(C)[nH]c(/C=C2\C(=O)Nc3ccccc32)c1C. The number of nitrogens with one attached hydrogen (secondary N) is 3. The van der Waals surface area contributed by atoms with E-state index < -0.39 is 0 Å². The van der Waals surface area contributed by atoms with Gasteiger partial charge in [0.25, 0.3) is 5.91 Å². The van der Waals surface area contributed by atoms with Crippen molar-refractivity contribution in [3.8, 4) is 0 Å². The van der Waals surface area contributed by atoms with Crippen molar-refractivity contribution in [2.75, 3.05) is 32.5 Å². The van der Waals surface area contributed by atoms with Crippen LogP contribution < -0.4 is 10.6 Å². The molecule has 0 unspecified atom stereocenters. The number of benzene rings is 1. The fourth-order valence-corrected chi connectivity index (χ4v) is 4.84. The zero-order chi connectivity index (χ0) is 25.2. The molecule has 0 saturated heterocycles. The highest BCUT2D eigenvalue weighted by molar-refractivity contribution is 6.34. The van der Waals surface area contributed by atoms with E-state index in [4.69, 9.17) is 0 Å². The number of fused-ring (bicyclic) bond motifs is 1. The molecule has 0 bridgehead atoms. The van der Waals surface area contributed by atoms with E-state index in [0.717, 1.165) is 47.7 Å². The van der Waals surface area contributed by atoms with E-state index in [2.05, 4.69) is 22.5 Å². The van der Waals surface area contributed by atoms with Gasteiger partial charge < -0.3 is 20.5 Å². The predicted octanol–water partition coefficient (Wildman–Crippen LogP) is 5.47. The molecule has 6 nitrogen and oxygen atoms in total. The minimum atomic E-state index is -0.0787. The zero-order valence-corrected chi connectivity index (χ0v) is 21.9. The molecule has 35 heavy (non-hydrogen) atoms. The summed E-state index contributed by atoms with van der Waals surface area (Å²) in [6, 6.07) is 7.75. The minimum Gasteiger partial charge on any atom is -0.359 e. The van der Waals surface area contributed by atoms with Gasteiger partial charge in [0, 0.05) is 42.7 Å². The molecule has 1 aliphatic heterocycles. The Morgan fingerprint density at radius 3 is 2.46 bits per heavy atom. The third kappa shape index (κ3) is 7.31. The van der Waals surface area contributed by atoms with Gasteiger partial charge in [0.1, 0.15) is 0 Å². The Balaban J connectivity index is 1.46. The molecule has 0 spiro atoms. The van der Waals surface area contributed by atoms with Gasteiger partial charge in [-0.1, -0.05) is 50.3 Å². The number of nitrogens with zero attached hydrogens (tertiary/aromatic N) is 1. The maximum absolute atomic E-state index is 12.7. The van der Waals surface area contributed by atoms with Gasteiger partial charge in [-0.2, -0.15) is 0 Å². The second-order valence-electron chi connectivity index (χ2n) is 9.72. The lowest BCUT2D eigenvalue weighted by Crippen LogP contribution is -2.28. The number of aryl methyl sites for hydroxylation is 1. The van der Waals surface area contributed by atoms with E-state index in [1.165, 1.54) is 44.1 Å². The van der Waals surface area contributed by atoms with Crippen molar-refractivity contribution < 1.29 is 9.59 Å². The van der Waals surface area contributed by atoms with Crippen molar-refractivity contribution in [2.24, 2.45) is 0 Å². The Kier molecular flexibility index (Phi) is 10.2. The fourth-order valence-electron chi connectivity index (χ4n) is 4.84. The molecule has 2 aromatic rings. The number of aromatic amines is 1. The highest BCUT2D eigenvalue weighted by Crippen LogP contribution is 2.33. The topological polar surface area (TPSA) is 77.2 Å². The molecule has 190 valence electrons. The molecule has 0 aliphatic carbocycles.